The number of carbonyl (C=O) groups excluding carboxylic acids is 2. The molecule has 0 heterocycles. The number of nitrogens with one attached hydrogen (secondary N) is 1. The summed E-state index contributed by atoms with van der Waals surface area (Å²) in [5.74, 6) is -0.582. The molecule has 1 rings (SSSR count). The summed E-state index contributed by atoms with van der Waals surface area (Å²) in [5.41, 5.74) is 7.30. The van der Waals surface area contributed by atoms with E-state index in [2.05, 4.69) is 4.84 Å². The lowest BCUT2D eigenvalue weighted by Gasteiger charge is -2.11. The van der Waals surface area contributed by atoms with Crippen LogP contribution in [0, 0.1) is 11.8 Å². The Labute approximate surface area is 82.9 Å². The van der Waals surface area contributed by atoms with Crippen molar-refractivity contribution in [2.45, 2.75) is 32.7 Å². The predicted molar refractivity (Wildman–Crippen MR) is 49.8 cm³/mol. The first kappa shape index (κ1) is 11.0. The summed E-state index contributed by atoms with van der Waals surface area (Å²) in [6.07, 6.45) is 2.13. The molecule has 0 radical (unpaired) electrons. The van der Waals surface area contributed by atoms with Crippen LogP contribution in [0.1, 0.15) is 26.7 Å². The van der Waals surface area contributed by atoms with Crippen molar-refractivity contribution in [2.75, 3.05) is 0 Å². The molecule has 0 bridgehead atoms. The quantitative estimate of drug-likeness (QED) is 0.626. The van der Waals surface area contributed by atoms with Crippen LogP contribution >= 0.6 is 0 Å². The zero-order valence-corrected chi connectivity index (χ0v) is 8.45. The third kappa shape index (κ3) is 2.99. The van der Waals surface area contributed by atoms with Crippen LogP contribution in [-0.2, 0) is 14.4 Å². The lowest BCUT2D eigenvalue weighted by molar-refractivity contribution is -0.162. The van der Waals surface area contributed by atoms with Crippen molar-refractivity contribution in [2.24, 2.45) is 17.6 Å². The maximum Gasteiger partial charge on any atom is 0.335 e. The number of amides is 1. The minimum atomic E-state index is -0.668. The average molecular weight is 200 g/mol. The fourth-order valence-corrected chi connectivity index (χ4v) is 1.08. The van der Waals surface area contributed by atoms with Gasteiger partial charge in [0.05, 0.1) is 12.0 Å². The Morgan fingerprint density at radius 3 is 2.43 bits per heavy atom. The van der Waals surface area contributed by atoms with Crippen molar-refractivity contribution < 1.29 is 14.4 Å². The highest BCUT2D eigenvalue weighted by Crippen LogP contribution is 2.36. The molecule has 1 amide bonds. The van der Waals surface area contributed by atoms with Gasteiger partial charge < -0.3 is 10.6 Å². The molecule has 14 heavy (non-hydrogen) atoms. The predicted octanol–water partition coefficient (Wildman–Crippen LogP) is -0.0459. The highest BCUT2D eigenvalue weighted by molar-refractivity contribution is 5.82. The van der Waals surface area contributed by atoms with E-state index in [0.29, 0.717) is 5.92 Å². The van der Waals surface area contributed by atoms with Crippen molar-refractivity contribution in [3.63, 3.8) is 0 Å². The molecule has 0 spiro atoms. The average Bonchev–Trinajstić information content (AvgIpc) is 2.95. The molecule has 0 saturated heterocycles. The number of hydrogen-bond acceptors (Lipinski definition) is 4. The second-order valence-electron chi connectivity index (χ2n) is 3.80. The van der Waals surface area contributed by atoms with Gasteiger partial charge in [0.2, 0.25) is 0 Å². The maximum atomic E-state index is 11.3. The molecule has 5 heteroatoms. The van der Waals surface area contributed by atoms with E-state index in [0.717, 1.165) is 12.8 Å². The minimum absolute atomic E-state index is 0.136. The van der Waals surface area contributed by atoms with Gasteiger partial charge in [0.15, 0.2) is 0 Å². The van der Waals surface area contributed by atoms with Crippen LogP contribution in [0.4, 0.5) is 0 Å². The van der Waals surface area contributed by atoms with Crippen molar-refractivity contribution >= 4 is 11.9 Å². The van der Waals surface area contributed by atoms with Crippen molar-refractivity contribution in [1.82, 2.24) is 5.48 Å². The van der Waals surface area contributed by atoms with Crippen LogP contribution in [0.2, 0.25) is 0 Å². The lowest BCUT2D eigenvalue weighted by atomic mass is 10.1. The van der Waals surface area contributed by atoms with E-state index in [4.69, 9.17) is 5.73 Å². The van der Waals surface area contributed by atoms with Crippen LogP contribution in [0.15, 0.2) is 0 Å². The van der Waals surface area contributed by atoms with Crippen molar-refractivity contribution in [1.29, 1.82) is 0 Å². The topological polar surface area (TPSA) is 81.4 Å². The second-order valence-corrected chi connectivity index (χ2v) is 3.80. The zero-order chi connectivity index (χ0) is 10.7. The van der Waals surface area contributed by atoms with Gasteiger partial charge in [-0.2, -0.15) is 5.48 Å². The van der Waals surface area contributed by atoms with Gasteiger partial charge in [-0.25, -0.2) is 4.79 Å². The first-order chi connectivity index (χ1) is 6.52. The summed E-state index contributed by atoms with van der Waals surface area (Å²) in [4.78, 5) is 26.8. The summed E-state index contributed by atoms with van der Waals surface area (Å²) >= 11 is 0. The summed E-state index contributed by atoms with van der Waals surface area (Å²) in [5, 5.41) is 0. The highest BCUT2D eigenvalue weighted by atomic mass is 16.7. The number of carbonyl (C=O) groups is 2. The Kier molecular flexibility index (Phi) is 3.46. The van der Waals surface area contributed by atoms with E-state index >= 15 is 0 Å². The number of hydroxylamine groups is 1. The molecular weight excluding hydrogens is 184 g/mol. The van der Waals surface area contributed by atoms with Gasteiger partial charge in [0.25, 0.3) is 5.91 Å². The lowest BCUT2D eigenvalue weighted by Crippen LogP contribution is -2.40. The Balaban J connectivity index is 2.23. The van der Waals surface area contributed by atoms with E-state index in [1.54, 1.807) is 6.92 Å². The molecule has 80 valence electrons. The Morgan fingerprint density at radius 1 is 1.43 bits per heavy atom. The zero-order valence-electron chi connectivity index (χ0n) is 8.45. The van der Waals surface area contributed by atoms with Gasteiger partial charge in [-0.1, -0.05) is 6.92 Å². The molecule has 0 aliphatic heterocycles. The van der Waals surface area contributed by atoms with E-state index in [1.807, 2.05) is 5.48 Å². The fourth-order valence-electron chi connectivity index (χ4n) is 1.08. The van der Waals surface area contributed by atoms with E-state index in [-0.39, 0.29) is 11.9 Å². The number of rotatable bonds is 3. The molecule has 1 fully saturated rings. The molecule has 0 aromatic rings. The van der Waals surface area contributed by atoms with Gasteiger partial charge in [0, 0.05) is 0 Å². The Morgan fingerprint density at radius 2 is 2.00 bits per heavy atom. The molecule has 2 atom stereocenters. The Hall–Kier alpha value is -1.10. The van der Waals surface area contributed by atoms with Gasteiger partial charge in [-0.15, -0.1) is 0 Å². The van der Waals surface area contributed by atoms with Crippen LogP contribution in [0.25, 0.3) is 0 Å². The smallest absolute Gasteiger partial charge is 0.335 e. The largest absolute Gasteiger partial charge is 0.340 e. The van der Waals surface area contributed by atoms with Crippen LogP contribution in [0.5, 0.6) is 0 Å². The number of hydrogen-bond donors (Lipinski definition) is 2. The van der Waals surface area contributed by atoms with Gasteiger partial charge >= 0.3 is 5.97 Å². The summed E-state index contributed by atoms with van der Waals surface area (Å²) in [7, 11) is 0. The van der Waals surface area contributed by atoms with Crippen LogP contribution < -0.4 is 11.2 Å². The summed E-state index contributed by atoms with van der Waals surface area (Å²) < 4.78 is 0. The second kappa shape index (κ2) is 4.41. The maximum absolute atomic E-state index is 11.3. The third-order valence-corrected chi connectivity index (χ3v) is 2.37. The van der Waals surface area contributed by atoms with E-state index in [1.165, 1.54) is 6.92 Å². The SMILES string of the molecule is CC(C(=O)ONC(=O)[C@H](C)N)C1CC1. The molecule has 1 aliphatic carbocycles. The normalized spacial score (nSPS) is 19.6. The Bertz CT molecular complexity index is 236. The van der Waals surface area contributed by atoms with Gasteiger partial charge in [-0.3, -0.25) is 4.79 Å². The van der Waals surface area contributed by atoms with Gasteiger partial charge in [0.1, 0.15) is 0 Å². The molecule has 0 aromatic heterocycles. The third-order valence-electron chi connectivity index (χ3n) is 2.37. The highest BCUT2D eigenvalue weighted by Gasteiger charge is 2.34. The fraction of sp³-hybridized carbons (Fsp3) is 0.778. The van der Waals surface area contributed by atoms with Gasteiger partial charge in [-0.05, 0) is 25.7 Å². The van der Waals surface area contributed by atoms with E-state index < -0.39 is 11.9 Å². The molecular formula is C9H16N2O3. The monoisotopic (exact) mass is 200 g/mol. The molecule has 5 nitrogen and oxygen atoms in total. The summed E-state index contributed by atoms with van der Waals surface area (Å²) in [6.45, 7) is 3.32. The van der Waals surface area contributed by atoms with Crippen molar-refractivity contribution in [3.05, 3.63) is 0 Å². The number of nitrogens with two attached hydrogens (primary N) is 1. The first-order valence-corrected chi connectivity index (χ1v) is 4.78. The van der Waals surface area contributed by atoms with Crippen LogP contribution in [0.3, 0.4) is 0 Å². The standard InChI is InChI=1S/C9H16N2O3/c1-5(7-3-4-7)9(13)14-11-8(12)6(2)10/h5-7H,3-4,10H2,1-2H3,(H,11,12)/t5?,6-/m0/s1. The summed E-state index contributed by atoms with van der Waals surface area (Å²) in [6, 6.07) is -0.668. The molecule has 1 saturated carbocycles. The van der Waals surface area contributed by atoms with E-state index in [9.17, 15) is 9.59 Å². The van der Waals surface area contributed by atoms with Crippen LogP contribution in [-0.4, -0.2) is 17.9 Å². The molecule has 1 aliphatic rings. The molecule has 3 N–H and O–H groups in total. The van der Waals surface area contributed by atoms with Crippen molar-refractivity contribution in [3.8, 4) is 0 Å². The molecule has 0 aromatic carbocycles. The minimum Gasteiger partial charge on any atom is -0.340 e. The first-order valence-electron chi connectivity index (χ1n) is 4.78. The molecule has 1 unspecified atom stereocenters.